The van der Waals surface area contributed by atoms with Crippen molar-refractivity contribution < 1.29 is 13.0 Å². The molecule has 1 rings (SSSR count). The molecule has 0 aliphatic rings. The predicted octanol–water partition coefficient (Wildman–Crippen LogP) is 1.24. The number of hydrogen-bond donors (Lipinski definition) is 1. The third kappa shape index (κ3) is 4.10. The molecule has 0 fully saturated rings. The first-order chi connectivity index (χ1) is 6.05. The Hall–Kier alpha value is 0.766. The van der Waals surface area contributed by atoms with Crippen molar-refractivity contribution in [3.05, 3.63) is 29.8 Å². The molecule has 0 spiro atoms. The van der Waals surface area contributed by atoms with Crippen molar-refractivity contribution in [2.45, 2.75) is 24.7 Å². The molecule has 0 bridgehead atoms. The van der Waals surface area contributed by atoms with Crippen LogP contribution in [0.25, 0.3) is 0 Å². The molecule has 1 aromatic rings. The van der Waals surface area contributed by atoms with Gasteiger partial charge in [0.25, 0.3) is 10.1 Å². The van der Waals surface area contributed by atoms with E-state index >= 15 is 0 Å². The van der Waals surface area contributed by atoms with Crippen molar-refractivity contribution in [3.63, 3.8) is 0 Å². The molecule has 0 aliphatic carbocycles. The summed E-state index contributed by atoms with van der Waals surface area (Å²) in [4.78, 5) is 0.0249. The zero-order chi connectivity index (χ0) is 9.90. The zero-order valence-electron chi connectivity index (χ0n) is 7.40. The van der Waals surface area contributed by atoms with Crippen LogP contribution >= 0.6 is 0 Å². The van der Waals surface area contributed by atoms with Gasteiger partial charge in [0.2, 0.25) is 0 Å². The Bertz CT molecular complexity index is 387. The van der Waals surface area contributed by atoms with Gasteiger partial charge < -0.3 is 0 Å². The first kappa shape index (κ1) is 14.8. The van der Waals surface area contributed by atoms with Gasteiger partial charge in [0.1, 0.15) is 0 Å². The molecule has 0 saturated heterocycles. The Morgan fingerprint density at radius 2 is 1.86 bits per heavy atom. The van der Waals surface area contributed by atoms with Crippen molar-refractivity contribution in [2.75, 3.05) is 0 Å². The molecule has 0 aromatic heterocycles. The van der Waals surface area contributed by atoms with Gasteiger partial charge in [-0.25, -0.2) is 0 Å². The summed E-state index contributed by atoms with van der Waals surface area (Å²) in [5.74, 6) is 0. The average Bonchev–Trinajstić information content (AvgIpc) is 2.04. The van der Waals surface area contributed by atoms with E-state index in [1.54, 1.807) is 18.2 Å². The van der Waals surface area contributed by atoms with Crippen LogP contribution in [0.2, 0.25) is 0 Å². The van der Waals surface area contributed by atoms with Crippen LogP contribution in [0.15, 0.2) is 29.2 Å². The van der Waals surface area contributed by atoms with Crippen molar-refractivity contribution in [3.8, 4) is 0 Å². The molecule has 1 N–H and O–H groups in total. The Morgan fingerprint density at radius 3 is 2.36 bits per heavy atom. The summed E-state index contributed by atoms with van der Waals surface area (Å²) in [6.45, 7) is 1.96. The van der Waals surface area contributed by atoms with E-state index in [-0.39, 0.29) is 56.3 Å². The molecular weight excluding hydrogens is 227 g/mol. The van der Waals surface area contributed by atoms with E-state index < -0.39 is 10.1 Å². The topological polar surface area (TPSA) is 54.4 Å². The zero-order valence-corrected chi connectivity index (χ0v) is 8.21. The number of benzene rings is 1. The van der Waals surface area contributed by atoms with Crippen molar-refractivity contribution in [1.82, 2.24) is 0 Å². The second-order valence-corrected chi connectivity index (χ2v) is 4.22. The van der Waals surface area contributed by atoms with Gasteiger partial charge in [-0.1, -0.05) is 31.5 Å². The Morgan fingerprint density at radius 1 is 1.29 bits per heavy atom. The molecular formula is C9H13KO3S. The Labute approximate surface area is 127 Å². The van der Waals surface area contributed by atoms with Gasteiger partial charge in [-0.3, -0.25) is 4.55 Å². The summed E-state index contributed by atoms with van der Waals surface area (Å²) in [5, 5.41) is 0. The molecule has 3 nitrogen and oxygen atoms in total. The second kappa shape index (κ2) is 6.37. The Balaban J connectivity index is 0.00000169. The van der Waals surface area contributed by atoms with Gasteiger partial charge >= 0.3 is 51.4 Å². The van der Waals surface area contributed by atoms with Crippen molar-refractivity contribution >= 4 is 61.5 Å². The van der Waals surface area contributed by atoms with Crippen LogP contribution in [0.3, 0.4) is 0 Å². The van der Waals surface area contributed by atoms with E-state index in [1.165, 1.54) is 6.07 Å². The molecule has 0 atom stereocenters. The third-order valence-electron chi connectivity index (χ3n) is 1.77. The van der Waals surface area contributed by atoms with Gasteiger partial charge in [0.05, 0.1) is 4.90 Å². The van der Waals surface area contributed by atoms with E-state index in [4.69, 9.17) is 4.55 Å². The summed E-state index contributed by atoms with van der Waals surface area (Å²) in [5.41, 5.74) is 0.674. The standard InChI is InChI=1S/C9H12O3S.K.H/c1-2-5-8-6-3-4-7-9(8)13(10,11)12;;/h3-4,6-7H,2,5H2,1H3,(H,10,11,12);;. The SMILES string of the molecule is CCCc1ccccc1S(=O)(=O)O.[KH]. The fraction of sp³-hybridized carbons (Fsp3) is 0.333. The fourth-order valence-electron chi connectivity index (χ4n) is 1.23. The van der Waals surface area contributed by atoms with Crippen LogP contribution in [0.5, 0.6) is 0 Å². The minimum atomic E-state index is -4.06. The van der Waals surface area contributed by atoms with E-state index in [2.05, 4.69) is 0 Å². The average molecular weight is 240 g/mol. The first-order valence-electron chi connectivity index (χ1n) is 4.11. The van der Waals surface area contributed by atoms with Crippen LogP contribution in [-0.2, 0) is 16.5 Å². The molecule has 0 amide bonds. The third-order valence-corrected chi connectivity index (χ3v) is 2.72. The molecule has 0 radical (unpaired) electrons. The summed E-state index contributed by atoms with van der Waals surface area (Å²) >= 11 is 0. The van der Waals surface area contributed by atoms with Crippen LogP contribution in [-0.4, -0.2) is 64.4 Å². The molecule has 0 aliphatic heterocycles. The van der Waals surface area contributed by atoms with Crippen molar-refractivity contribution in [2.24, 2.45) is 0 Å². The second-order valence-electron chi connectivity index (χ2n) is 2.83. The number of hydrogen-bond acceptors (Lipinski definition) is 2. The van der Waals surface area contributed by atoms with Crippen molar-refractivity contribution in [1.29, 1.82) is 0 Å². The van der Waals surface area contributed by atoms with Crippen LogP contribution in [0, 0.1) is 0 Å². The monoisotopic (exact) mass is 240 g/mol. The predicted molar refractivity (Wildman–Crippen MR) is 57.4 cm³/mol. The van der Waals surface area contributed by atoms with E-state index in [0.717, 1.165) is 6.42 Å². The van der Waals surface area contributed by atoms with Gasteiger partial charge in [-0.15, -0.1) is 0 Å². The normalized spacial score (nSPS) is 10.7. The molecule has 0 unspecified atom stereocenters. The molecule has 14 heavy (non-hydrogen) atoms. The van der Waals surface area contributed by atoms with Crippen LogP contribution in [0.4, 0.5) is 0 Å². The number of aryl methyl sites for hydroxylation is 1. The quantitative estimate of drug-likeness (QED) is 0.639. The summed E-state index contributed by atoms with van der Waals surface area (Å²) in [7, 11) is -4.06. The molecule has 0 saturated carbocycles. The van der Waals surface area contributed by atoms with E-state index in [9.17, 15) is 8.42 Å². The van der Waals surface area contributed by atoms with E-state index in [1.807, 2.05) is 6.92 Å². The first-order valence-corrected chi connectivity index (χ1v) is 5.55. The summed E-state index contributed by atoms with van der Waals surface area (Å²) in [6, 6.07) is 6.49. The minimum absolute atomic E-state index is 0. The summed E-state index contributed by atoms with van der Waals surface area (Å²) in [6.07, 6.45) is 1.52. The molecule has 74 valence electrons. The molecule has 1 aromatic carbocycles. The number of rotatable bonds is 3. The summed E-state index contributed by atoms with van der Waals surface area (Å²) < 4.78 is 30.6. The molecule has 0 heterocycles. The van der Waals surface area contributed by atoms with Gasteiger partial charge in [0, 0.05) is 0 Å². The van der Waals surface area contributed by atoms with Crippen LogP contribution < -0.4 is 0 Å². The van der Waals surface area contributed by atoms with Gasteiger partial charge in [-0.2, -0.15) is 8.42 Å². The van der Waals surface area contributed by atoms with Gasteiger partial charge in [-0.05, 0) is 18.1 Å². The van der Waals surface area contributed by atoms with Crippen LogP contribution in [0.1, 0.15) is 18.9 Å². The Kier molecular flexibility index (Phi) is 6.72. The maximum atomic E-state index is 10.9. The fourth-order valence-corrected chi connectivity index (χ4v) is 1.98. The van der Waals surface area contributed by atoms with E-state index in [0.29, 0.717) is 12.0 Å². The van der Waals surface area contributed by atoms with Gasteiger partial charge in [0.15, 0.2) is 0 Å². The maximum absolute atomic E-state index is 10.9. The molecule has 5 heteroatoms.